The first-order valence-electron chi connectivity index (χ1n) is 7.75. The Labute approximate surface area is 142 Å². The molecule has 1 heterocycles. The van der Waals surface area contributed by atoms with Gasteiger partial charge in [0.2, 0.25) is 0 Å². The maximum absolute atomic E-state index is 12.4. The zero-order chi connectivity index (χ0) is 17.8. The number of nitrogens with two attached hydrogens (primary N) is 1. The molecule has 0 bridgehead atoms. The molecule has 1 aliphatic heterocycles. The van der Waals surface area contributed by atoms with Crippen LogP contribution in [-0.4, -0.2) is 52.4 Å². The minimum atomic E-state index is -0.616. The second kappa shape index (κ2) is 7.81. The van der Waals surface area contributed by atoms with Crippen LogP contribution in [0.2, 0.25) is 0 Å². The Kier molecular flexibility index (Phi) is 6.61. The van der Waals surface area contributed by atoms with Gasteiger partial charge in [0.15, 0.2) is 0 Å². The molecule has 7 nitrogen and oxygen atoms in total. The normalized spacial score (nSPS) is 21.7. The standard InChI is InChI=1S/C15H27N3O4S/c1-9(2)21-13(19)17-10-6-7-11(12(16)23)18(8-10)14(20)22-15(3,4)5/h9-11H,6-8H2,1-5H3,(H2,16,23)(H,17,19)/t10-,11+/m1/s1. The summed E-state index contributed by atoms with van der Waals surface area (Å²) in [7, 11) is 0. The highest BCUT2D eigenvalue weighted by molar-refractivity contribution is 7.80. The number of nitrogens with zero attached hydrogens (tertiary/aromatic N) is 1. The number of carbonyl (C=O) groups is 2. The van der Waals surface area contributed by atoms with Gasteiger partial charge >= 0.3 is 12.2 Å². The highest BCUT2D eigenvalue weighted by Crippen LogP contribution is 2.21. The van der Waals surface area contributed by atoms with Crippen LogP contribution in [-0.2, 0) is 9.47 Å². The molecule has 8 heteroatoms. The predicted octanol–water partition coefficient (Wildman–Crippen LogP) is 2.18. The van der Waals surface area contributed by atoms with Gasteiger partial charge in [0.25, 0.3) is 0 Å². The Hall–Kier alpha value is -1.57. The van der Waals surface area contributed by atoms with Gasteiger partial charge < -0.3 is 20.5 Å². The Balaban J connectivity index is 2.75. The van der Waals surface area contributed by atoms with Crippen molar-refractivity contribution in [1.29, 1.82) is 0 Å². The van der Waals surface area contributed by atoms with E-state index in [2.05, 4.69) is 5.32 Å². The summed E-state index contributed by atoms with van der Waals surface area (Å²) in [6.45, 7) is 9.21. The monoisotopic (exact) mass is 345 g/mol. The number of piperidine rings is 1. The Morgan fingerprint density at radius 2 is 1.91 bits per heavy atom. The van der Waals surface area contributed by atoms with Crippen LogP contribution in [0.5, 0.6) is 0 Å². The van der Waals surface area contributed by atoms with Crippen LogP contribution in [0.25, 0.3) is 0 Å². The Bertz CT molecular complexity index is 462. The van der Waals surface area contributed by atoms with Crippen LogP contribution in [0.3, 0.4) is 0 Å². The maximum atomic E-state index is 12.4. The molecule has 0 radical (unpaired) electrons. The van der Waals surface area contributed by atoms with Gasteiger partial charge in [0.05, 0.1) is 23.2 Å². The number of hydrogen-bond acceptors (Lipinski definition) is 5. The van der Waals surface area contributed by atoms with Crippen molar-refractivity contribution in [2.75, 3.05) is 6.54 Å². The smallest absolute Gasteiger partial charge is 0.410 e. The van der Waals surface area contributed by atoms with E-state index >= 15 is 0 Å². The summed E-state index contributed by atoms with van der Waals surface area (Å²) in [6, 6.07) is -0.585. The third-order valence-corrected chi connectivity index (χ3v) is 3.48. The fraction of sp³-hybridized carbons (Fsp3) is 0.800. The maximum Gasteiger partial charge on any atom is 0.410 e. The fourth-order valence-electron chi connectivity index (χ4n) is 2.32. The van der Waals surface area contributed by atoms with Crippen molar-refractivity contribution in [3.63, 3.8) is 0 Å². The molecular weight excluding hydrogens is 318 g/mol. The summed E-state index contributed by atoms with van der Waals surface area (Å²) in [6.07, 6.45) is 0.0438. The number of ether oxygens (including phenoxy) is 2. The minimum Gasteiger partial charge on any atom is -0.447 e. The van der Waals surface area contributed by atoms with Gasteiger partial charge in [-0.05, 0) is 47.5 Å². The molecule has 0 aliphatic carbocycles. The number of likely N-dealkylation sites (tertiary alicyclic amines) is 1. The fourth-order valence-corrected chi connectivity index (χ4v) is 2.57. The zero-order valence-electron chi connectivity index (χ0n) is 14.4. The van der Waals surface area contributed by atoms with E-state index in [-0.39, 0.29) is 29.7 Å². The van der Waals surface area contributed by atoms with Gasteiger partial charge in [0, 0.05) is 6.54 Å². The van der Waals surface area contributed by atoms with Gasteiger partial charge in [-0.1, -0.05) is 12.2 Å². The van der Waals surface area contributed by atoms with Crippen LogP contribution >= 0.6 is 12.2 Å². The lowest BCUT2D eigenvalue weighted by Crippen LogP contribution is -2.58. The summed E-state index contributed by atoms with van der Waals surface area (Å²) in [5.74, 6) is 0. The molecule has 0 aromatic heterocycles. The van der Waals surface area contributed by atoms with Crippen LogP contribution < -0.4 is 11.1 Å². The summed E-state index contributed by atoms with van der Waals surface area (Å²) in [5.41, 5.74) is 5.13. The van der Waals surface area contributed by atoms with Crippen molar-refractivity contribution in [2.45, 2.75) is 71.2 Å². The molecule has 3 N–H and O–H groups in total. The summed E-state index contributed by atoms with van der Waals surface area (Å²) in [5, 5.41) is 2.76. The highest BCUT2D eigenvalue weighted by Gasteiger charge is 2.36. The van der Waals surface area contributed by atoms with Crippen LogP contribution in [0.4, 0.5) is 9.59 Å². The lowest BCUT2D eigenvalue weighted by Gasteiger charge is -2.39. The number of amides is 2. The molecule has 0 unspecified atom stereocenters. The number of rotatable bonds is 3. The van der Waals surface area contributed by atoms with Crippen LogP contribution in [0.1, 0.15) is 47.5 Å². The molecule has 0 aromatic carbocycles. The van der Waals surface area contributed by atoms with Crippen molar-refractivity contribution in [2.24, 2.45) is 5.73 Å². The lowest BCUT2D eigenvalue weighted by atomic mass is 9.98. The molecular formula is C15H27N3O4S. The van der Waals surface area contributed by atoms with E-state index in [4.69, 9.17) is 27.4 Å². The van der Waals surface area contributed by atoms with E-state index in [1.54, 1.807) is 34.6 Å². The molecule has 2 amide bonds. The third kappa shape index (κ3) is 6.60. The van der Waals surface area contributed by atoms with Crippen molar-refractivity contribution >= 4 is 29.4 Å². The molecule has 132 valence electrons. The molecule has 1 aliphatic rings. The number of nitrogens with one attached hydrogen (secondary N) is 1. The SMILES string of the molecule is CC(C)OC(=O)N[C@@H]1CC[C@@H](C(N)=S)N(C(=O)OC(C)(C)C)C1. The second-order valence-corrected chi connectivity index (χ2v) is 7.39. The van der Waals surface area contributed by atoms with E-state index in [0.717, 1.165) is 0 Å². The van der Waals surface area contributed by atoms with Crippen molar-refractivity contribution in [3.05, 3.63) is 0 Å². The molecule has 0 spiro atoms. The average Bonchev–Trinajstić information content (AvgIpc) is 2.35. The molecule has 1 saturated heterocycles. The summed E-state index contributed by atoms with van der Waals surface area (Å²) in [4.78, 5) is 25.8. The van der Waals surface area contributed by atoms with Gasteiger partial charge in [0.1, 0.15) is 5.60 Å². The topological polar surface area (TPSA) is 93.9 Å². The summed E-state index contributed by atoms with van der Waals surface area (Å²) < 4.78 is 10.5. The first-order chi connectivity index (χ1) is 10.5. The third-order valence-electron chi connectivity index (χ3n) is 3.20. The number of carbonyl (C=O) groups excluding carboxylic acids is 2. The molecule has 23 heavy (non-hydrogen) atoms. The largest absolute Gasteiger partial charge is 0.447 e. The Morgan fingerprint density at radius 3 is 2.39 bits per heavy atom. The van der Waals surface area contributed by atoms with Crippen LogP contribution in [0, 0.1) is 0 Å². The van der Waals surface area contributed by atoms with Gasteiger partial charge in [-0.2, -0.15) is 0 Å². The molecule has 2 atom stereocenters. The quantitative estimate of drug-likeness (QED) is 0.762. The van der Waals surface area contributed by atoms with Gasteiger partial charge in [-0.3, -0.25) is 4.90 Å². The van der Waals surface area contributed by atoms with Crippen LogP contribution in [0.15, 0.2) is 0 Å². The minimum absolute atomic E-state index is 0.204. The van der Waals surface area contributed by atoms with Crippen molar-refractivity contribution in [1.82, 2.24) is 10.2 Å². The first kappa shape index (κ1) is 19.5. The number of alkyl carbamates (subject to hydrolysis) is 1. The molecule has 0 aromatic rings. The van der Waals surface area contributed by atoms with Gasteiger partial charge in [-0.15, -0.1) is 0 Å². The Morgan fingerprint density at radius 1 is 1.30 bits per heavy atom. The second-order valence-electron chi connectivity index (χ2n) is 6.92. The van der Waals surface area contributed by atoms with Crippen molar-refractivity contribution < 1.29 is 19.1 Å². The van der Waals surface area contributed by atoms with E-state index in [9.17, 15) is 9.59 Å². The lowest BCUT2D eigenvalue weighted by molar-refractivity contribution is 0.0129. The average molecular weight is 345 g/mol. The molecule has 1 fully saturated rings. The van der Waals surface area contributed by atoms with Crippen molar-refractivity contribution in [3.8, 4) is 0 Å². The number of thiocarbonyl (C=S) groups is 1. The van der Waals surface area contributed by atoms with E-state index in [1.165, 1.54) is 4.90 Å². The summed E-state index contributed by atoms with van der Waals surface area (Å²) >= 11 is 5.05. The zero-order valence-corrected chi connectivity index (χ0v) is 15.2. The predicted molar refractivity (Wildman–Crippen MR) is 91.3 cm³/mol. The highest BCUT2D eigenvalue weighted by atomic mass is 32.1. The number of hydrogen-bond donors (Lipinski definition) is 2. The van der Waals surface area contributed by atoms with E-state index in [0.29, 0.717) is 12.8 Å². The molecule has 1 rings (SSSR count). The van der Waals surface area contributed by atoms with E-state index in [1.807, 2.05) is 0 Å². The van der Waals surface area contributed by atoms with E-state index < -0.39 is 17.8 Å². The van der Waals surface area contributed by atoms with Gasteiger partial charge in [-0.25, -0.2) is 9.59 Å². The molecule has 0 saturated carbocycles. The first-order valence-corrected chi connectivity index (χ1v) is 8.16.